The number of nitrogens with zero attached hydrogens (tertiary/aromatic N) is 3. The van der Waals surface area contributed by atoms with Gasteiger partial charge in [-0.1, -0.05) is 12.1 Å². The molecule has 1 N–H and O–H groups in total. The van der Waals surface area contributed by atoms with Gasteiger partial charge in [-0.3, -0.25) is 0 Å². The zero-order chi connectivity index (χ0) is 13.8. The minimum Gasteiger partial charge on any atom is -0.369 e. The highest BCUT2D eigenvalue weighted by Gasteiger charge is 2.13. The van der Waals surface area contributed by atoms with E-state index in [4.69, 9.17) is 0 Å². The van der Waals surface area contributed by atoms with Crippen LogP contribution in [0.4, 0.5) is 10.8 Å². The van der Waals surface area contributed by atoms with E-state index in [0.29, 0.717) is 0 Å². The Morgan fingerprint density at radius 3 is 2.55 bits per heavy atom. The predicted molar refractivity (Wildman–Crippen MR) is 85.6 cm³/mol. The highest BCUT2D eigenvalue weighted by Crippen LogP contribution is 2.18. The predicted octanol–water partition coefficient (Wildman–Crippen LogP) is 2.51. The number of anilines is 2. The second-order valence-corrected chi connectivity index (χ2v) is 6.04. The average Bonchev–Trinajstić information content (AvgIpc) is 3.00. The molecule has 3 rings (SSSR count). The molecular weight excluding hydrogens is 268 g/mol. The van der Waals surface area contributed by atoms with Crippen molar-refractivity contribution in [3.63, 3.8) is 0 Å². The van der Waals surface area contributed by atoms with Crippen molar-refractivity contribution < 1.29 is 0 Å². The molecule has 1 aromatic carbocycles. The van der Waals surface area contributed by atoms with Gasteiger partial charge >= 0.3 is 0 Å². The Kier molecular flexibility index (Phi) is 4.18. The minimum atomic E-state index is 0.830. The van der Waals surface area contributed by atoms with E-state index in [2.05, 4.69) is 51.4 Å². The maximum Gasteiger partial charge on any atom is 0.182 e. The lowest BCUT2D eigenvalue weighted by atomic mass is 10.2. The van der Waals surface area contributed by atoms with Gasteiger partial charge in [0.05, 0.1) is 0 Å². The molecule has 0 saturated carbocycles. The van der Waals surface area contributed by atoms with Crippen molar-refractivity contribution in [2.45, 2.75) is 6.54 Å². The van der Waals surface area contributed by atoms with E-state index in [1.54, 1.807) is 11.3 Å². The molecule has 0 unspecified atom stereocenters. The first kappa shape index (κ1) is 13.4. The molecule has 0 amide bonds. The first-order chi connectivity index (χ1) is 9.81. The lowest BCUT2D eigenvalue weighted by Gasteiger charge is -2.34. The molecule has 4 nitrogen and oxygen atoms in total. The fourth-order valence-electron chi connectivity index (χ4n) is 2.38. The number of hydrogen-bond acceptors (Lipinski definition) is 5. The van der Waals surface area contributed by atoms with Gasteiger partial charge in [-0.2, -0.15) is 0 Å². The van der Waals surface area contributed by atoms with Crippen LogP contribution in [0.1, 0.15) is 5.56 Å². The molecule has 1 saturated heterocycles. The van der Waals surface area contributed by atoms with Crippen LogP contribution in [0.25, 0.3) is 0 Å². The molecule has 0 aliphatic carbocycles. The Balaban J connectivity index is 1.57. The maximum atomic E-state index is 4.22. The Morgan fingerprint density at radius 1 is 1.15 bits per heavy atom. The Bertz CT molecular complexity index is 515. The van der Waals surface area contributed by atoms with Gasteiger partial charge in [-0.05, 0) is 24.7 Å². The summed E-state index contributed by atoms with van der Waals surface area (Å²) in [5, 5.41) is 6.30. The molecule has 1 fully saturated rings. The van der Waals surface area contributed by atoms with Crippen LogP contribution in [-0.2, 0) is 6.54 Å². The van der Waals surface area contributed by atoms with Crippen LogP contribution < -0.4 is 10.2 Å². The van der Waals surface area contributed by atoms with E-state index in [9.17, 15) is 0 Å². The van der Waals surface area contributed by atoms with Crippen LogP contribution in [0, 0.1) is 0 Å². The zero-order valence-electron chi connectivity index (χ0n) is 11.7. The number of thiazole rings is 1. The smallest absolute Gasteiger partial charge is 0.182 e. The van der Waals surface area contributed by atoms with Crippen molar-refractivity contribution >= 4 is 22.2 Å². The van der Waals surface area contributed by atoms with Crippen LogP contribution in [0.2, 0.25) is 0 Å². The quantitative estimate of drug-likeness (QED) is 0.936. The lowest BCUT2D eigenvalue weighted by Crippen LogP contribution is -2.44. The van der Waals surface area contributed by atoms with Crippen molar-refractivity contribution in [3.8, 4) is 0 Å². The van der Waals surface area contributed by atoms with E-state index in [1.165, 1.54) is 11.3 Å². The molecule has 1 aromatic heterocycles. The average molecular weight is 288 g/mol. The van der Waals surface area contributed by atoms with Gasteiger partial charge < -0.3 is 15.1 Å². The molecule has 0 radical (unpaired) electrons. The van der Waals surface area contributed by atoms with E-state index in [-0.39, 0.29) is 0 Å². The molecule has 5 heteroatoms. The summed E-state index contributed by atoms with van der Waals surface area (Å²) in [6.07, 6.45) is 1.82. The number of benzene rings is 1. The first-order valence-electron chi connectivity index (χ1n) is 6.97. The fraction of sp³-hybridized carbons (Fsp3) is 0.400. The van der Waals surface area contributed by atoms with Crippen molar-refractivity contribution in [3.05, 3.63) is 41.4 Å². The molecule has 2 aromatic rings. The molecule has 0 atom stereocenters. The number of nitrogens with one attached hydrogen (secondary N) is 1. The van der Waals surface area contributed by atoms with Gasteiger partial charge in [0.25, 0.3) is 0 Å². The van der Waals surface area contributed by atoms with E-state index < -0.39 is 0 Å². The summed E-state index contributed by atoms with van der Waals surface area (Å²) in [5.41, 5.74) is 2.62. The Hall–Kier alpha value is -1.59. The van der Waals surface area contributed by atoms with E-state index in [0.717, 1.165) is 37.9 Å². The van der Waals surface area contributed by atoms with Crippen molar-refractivity contribution in [2.75, 3.05) is 43.4 Å². The third kappa shape index (κ3) is 3.29. The fourth-order valence-corrected chi connectivity index (χ4v) is 2.91. The molecule has 2 heterocycles. The monoisotopic (exact) mass is 288 g/mol. The van der Waals surface area contributed by atoms with Gasteiger partial charge in [-0.25, -0.2) is 4.98 Å². The summed E-state index contributed by atoms with van der Waals surface area (Å²) in [5.74, 6) is 0. The number of rotatable bonds is 4. The summed E-state index contributed by atoms with van der Waals surface area (Å²) in [6, 6.07) is 8.86. The number of hydrogen-bond donors (Lipinski definition) is 1. The maximum absolute atomic E-state index is 4.22. The Morgan fingerprint density at radius 2 is 1.90 bits per heavy atom. The van der Waals surface area contributed by atoms with Crippen molar-refractivity contribution in [1.29, 1.82) is 0 Å². The molecule has 20 heavy (non-hydrogen) atoms. The molecule has 0 bridgehead atoms. The molecule has 106 valence electrons. The van der Waals surface area contributed by atoms with Gasteiger partial charge in [0.1, 0.15) is 0 Å². The Labute approximate surface area is 124 Å². The standard InChI is InChI=1S/C15H20N4S/c1-18-7-9-19(10-8-18)14-4-2-13(3-5-14)12-17-15-16-6-11-20-15/h2-6,11H,7-10,12H2,1H3,(H,16,17). The van der Waals surface area contributed by atoms with Gasteiger partial charge in [0.2, 0.25) is 0 Å². The minimum absolute atomic E-state index is 0.830. The van der Waals surface area contributed by atoms with Gasteiger partial charge in [-0.15, -0.1) is 11.3 Å². The summed E-state index contributed by atoms with van der Waals surface area (Å²) >= 11 is 1.63. The van der Waals surface area contributed by atoms with Crippen LogP contribution in [0.15, 0.2) is 35.8 Å². The van der Waals surface area contributed by atoms with Crippen LogP contribution in [-0.4, -0.2) is 43.1 Å². The number of piperazine rings is 1. The lowest BCUT2D eigenvalue weighted by molar-refractivity contribution is 0.313. The summed E-state index contributed by atoms with van der Waals surface area (Å²) < 4.78 is 0. The molecule has 0 spiro atoms. The third-order valence-electron chi connectivity index (χ3n) is 3.68. The zero-order valence-corrected chi connectivity index (χ0v) is 12.6. The summed E-state index contributed by atoms with van der Waals surface area (Å²) in [6.45, 7) is 5.36. The van der Waals surface area contributed by atoms with Crippen LogP contribution in [0.5, 0.6) is 0 Å². The molecule has 1 aliphatic heterocycles. The highest BCUT2D eigenvalue weighted by molar-refractivity contribution is 7.13. The summed E-state index contributed by atoms with van der Waals surface area (Å²) in [7, 11) is 2.19. The van der Waals surface area contributed by atoms with Crippen molar-refractivity contribution in [2.24, 2.45) is 0 Å². The molecular formula is C15H20N4S. The second-order valence-electron chi connectivity index (χ2n) is 5.15. The SMILES string of the molecule is CN1CCN(c2ccc(CNc3nccs3)cc2)CC1. The van der Waals surface area contributed by atoms with E-state index >= 15 is 0 Å². The normalized spacial score (nSPS) is 16.4. The van der Waals surface area contributed by atoms with Crippen LogP contribution >= 0.6 is 11.3 Å². The molecule has 1 aliphatic rings. The topological polar surface area (TPSA) is 31.4 Å². The van der Waals surface area contributed by atoms with E-state index in [1.807, 2.05) is 11.6 Å². The largest absolute Gasteiger partial charge is 0.369 e. The van der Waals surface area contributed by atoms with Gasteiger partial charge in [0.15, 0.2) is 5.13 Å². The first-order valence-corrected chi connectivity index (χ1v) is 7.85. The highest BCUT2D eigenvalue weighted by atomic mass is 32.1. The van der Waals surface area contributed by atoms with Crippen LogP contribution in [0.3, 0.4) is 0 Å². The number of likely N-dealkylation sites (N-methyl/N-ethyl adjacent to an activating group) is 1. The van der Waals surface area contributed by atoms with Crippen molar-refractivity contribution in [1.82, 2.24) is 9.88 Å². The number of aromatic nitrogens is 1. The summed E-state index contributed by atoms with van der Waals surface area (Å²) in [4.78, 5) is 9.06. The third-order valence-corrected chi connectivity index (χ3v) is 4.41. The second kappa shape index (κ2) is 6.24. The van der Waals surface area contributed by atoms with Gasteiger partial charge in [0, 0.05) is 50.0 Å².